The molecule has 1 aromatic rings. The largest absolute Gasteiger partial charge is 0.294 e. The van der Waals surface area contributed by atoms with Crippen molar-refractivity contribution < 1.29 is 4.79 Å². The maximum atomic E-state index is 11.2. The number of carbonyl (C=O) groups is 1. The molecule has 2 rings (SSSR count). The standard InChI is InChI=1S/C9H12N4O/c1-5-4-8-10-11-9(7(3)14)6(2)13(8)12-5/h4,10-11H,1-3H3. The van der Waals surface area contributed by atoms with Crippen LogP contribution in [0.3, 0.4) is 0 Å². The van der Waals surface area contributed by atoms with Crippen LogP contribution in [-0.4, -0.2) is 15.6 Å². The van der Waals surface area contributed by atoms with Gasteiger partial charge in [-0.25, -0.2) is 4.68 Å². The molecule has 14 heavy (non-hydrogen) atoms. The van der Waals surface area contributed by atoms with Crippen molar-refractivity contribution in [2.45, 2.75) is 20.8 Å². The molecule has 74 valence electrons. The van der Waals surface area contributed by atoms with Gasteiger partial charge in [0.05, 0.1) is 11.4 Å². The Balaban J connectivity index is 2.55. The first-order valence-corrected chi connectivity index (χ1v) is 4.40. The lowest BCUT2D eigenvalue weighted by Gasteiger charge is -2.20. The minimum absolute atomic E-state index is 0.00574. The zero-order chi connectivity index (χ0) is 10.3. The van der Waals surface area contributed by atoms with Crippen LogP contribution in [0, 0.1) is 6.92 Å². The molecule has 5 heteroatoms. The molecule has 0 saturated heterocycles. The van der Waals surface area contributed by atoms with E-state index in [9.17, 15) is 4.79 Å². The lowest BCUT2D eigenvalue weighted by molar-refractivity contribution is -0.113. The second kappa shape index (κ2) is 2.87. The number of fused-ring (bicyclic) bond motifs is 1. The molecular weight excluding hydrogens is 180 g/mol. The van der Waals surface area contributed by atoms with Gasteiger partial charge in [0.2, 0.25) is 0 Å². The van der Waals surface area contributed by atoms with Gasteiger partial charge >= 0.3 is 0 Å². The predicted octanol–water partition coefficient (Wildman–Crippen LogP) is 0.899. The fraction of sp³-hybridized carbons (Fsp3) is 0.333. The second-order valence-electron chi connectivity index (χ2n) is 3.35. The highest BCUT2D eigenvalue weighted by Crippen LogP contribution is 2.21. The van der Waals surface area contributed by atoms with Crippen molar-refractivity contribution in [2.24, 2.45) is 0 Å². The number of Topliss-reactive ketones (excluding diaryl/α,β-unsaturated/α-hetero) is 1. The lowest BCUT2D eigenvalue weighted by atomic mass is 10.2. The van der Waals surface area contributed by atoms with E-state index in [0.29, 0.717) is 5.70 Å². The van der Waals surface area contributed by atoms with Crippen molar-refractivity contribution in [1.29, 1.82) is 0 Å². The minimum Gasteiger partial charge on any atom is -0.294 e. The van der Waals surface area contributed by atoms with Gasteiger partial charge in [-0.05, 0) is 13.8 Å². The number of hydrogen-bond acceptors (Lipinski definition) is 4. The molecule has 0 saturated carbocycles. The van der Waals surface area contributed by atoms with Crippen molar-refractivity contribution >= 4 is 17.3 Å². The molecular formula is C9H12N4O. The molecule has 0 fully saturated rings. The van der Waals surface area contributed by atoms with Gasteiger partial charge in [0, 0.05) is 13.0 Å². The molecule has 0 spiro atoms. The number of ketones is 1. The third-order valence-electron chi connectivity index (χ3n) is 2.18. The van der Waals surface area contributed by atoms with Gasteiger partial charge in [-0.2, -0.15) is 5.10 Å². The molecule has 1 aliphatic rings. The highest BCUT2D eigenvalue weighted by atomic mass is 16.1. The topological polar surface area (TPSA) is 59.0 Å². The molecule has 0 atom stereocenters. The fourth-order valence-electron chi connectivity index (χ4n) is 1.51. The Hall–Kier alpha value is -1.78. The van der Waals surface area contributed by atoms with Crippen LogP contribution in [0.15, 0.2) is 11.8 Å². The molecule has 0 radical (unpaired) electrons. The van der Waals surface area contributed by atoms with Crippen LogP contribution < -0.4 is 10.9 Å². The Bertz CT molecular complexity index is 430. The Kier molecular flexibility index (Phi) is 1.80. The third-order valence-corrected chi connectivity index (χ3v) is 2.18. The van der Waals surface area contributed by atoms with Crippen LogP contribution in [0.5, 0.6) is 0 Å². The monoisotopic (exact) mass is 192 g/mol. The number of allylic oxidation sites excluding steroid dienone is 2. The van der Waals surface area contributed by atoms with E-state index in [0.717, 1.165) is 17.2 Å². The molecule has 1 aromatic heterocycles. The zero-order valence-corrected chi connectivity index (χ0v) is 8.38. The first-order valence-electron chi connectivity index (χ1n) is 4.40. The molecule has 0 aliphatic carbocycles. The van der Waals surface area contributed by atoms with E-state index >= 15 is 0 Å². The second-order valence-corrected chi connectivity index (χ2v) is 3.35. The van der Waals surface area contributed by atoms with Gasteiger partial charge in [-0.3, -0.25) is 15.6 Å². The van der Waals surface area contributed by atoms with Gasteiger partial charge in [-0.15, -0.1) is 0 Å². The maximum Gasteiger partial charge on any atom is 0.179 e. The van der Waals surface area contributed by atoms with Crippen molar-refractivity contribution in [2.75, 3.05) is 5.43 Å². The SMILES string of the molecule is CC(=O)C1=C(C)n2nc(C)cc2NN1. The quantitative estimate of drug-likeness (QED) is 0.694. The van der Waals surface area contributed by atoms with E-state index in [2.05, 4.69) is 16.0 Å². The molecule has 5 nitrogen and oxygen atoms in total. The Morgan fingerprint density at radius 3 is 2.79 bits per heavy atom. The summed E-state index contributed by atoms with van der Waals surface area (Å²) in [6, 6.07) is 1.91. The average Bonchev–Trinajstić information content (AvgIpc) is 2.46. The van der Waals surface area contributed by atoms with Crippen molar-refractivity contribution in [1.82, 2.24) is 15.2 Å². The van der Waals surface area contributed by atoms with Crippen LogP contribution in [0.2, 0.25) is 0 Å². The summed E-state index contributed by atoms with van der Waals surface area (Å²) in [6.07, 6.45) is 0. The summed E-state index contributed by atoms with van der Waals surface area (Å²) in [5.41, 5.74) is 8.06. The number of aromatic nitrogens is 2. The van der Waals surface area contributed by atoms with Crippen molar-refractivity contribution in [3.8, 4) is 0 Å². The molecule has 0 bridgehead atoms. The fourth-order valence-corrected chi connectivity index (χ4v) is 1.51. The first kappa shape index (κ1) is 8.80. The molecule has 0 unspecified atom stereocenters. The van der Waals surface area contributed by atoms with Gasteiger partial charge in [-0.1, -0.05) is 0 Å². The summed E-state index contributed by atoms with van der Waals surface area (Å²) in [5.74, 6) is 0.846. The lowest BCUT2D eigenvalue weighted by Crippen LogP contribution is -2.32. The van der Waals surface area contributed by atoms with E-state index in [4.69, 9.17) is 0 Å². The van der Waals surface area contributed by atoms with Crippen LogP contribution in [0.25, 0.3) is 5.70 Å². The average molecular weight is 192 g/mol. The summed E-state index contributed by atoms with van der Waals surface area (Å²) in [5, 5.41) is 4.27. The number of hydrazine groups is 1. The van der Waals surface area contributed by atoms with Crippen LogP contribution >= 0.6 is 0 Å². The molecule has 1 aliphatic heterocycles. The van der Waals surface area contributed by atoms with E-state index in [1.54, 1.807) is 4.68 Å². The Morgan fingerprint density at radius 1 is 1.43 bits per heavy atom. The zero-order valence-electron chi connectivity index (χ0n) is 8.38. The summed E-state index contributed by atoms with van der Waals surface area (Å²) in [4.78, 5) is 11.2. The summed E-state index contributed by atoms with van der Waals surface area (Å²) >= 11 is 0. The van der Waals surface area contributed by atoms with Crippen LogP contribution in [-0.2, 0) is 4.79 Å². The van der Waals surface area contributed by atoms with E-state index < -0.39 is 0 Å². The summed E-state index contributed by atoms with van der Waals surface area (Å²) < 4.78 is 1.72. The number of carbonyl (C=O) groups excluding carboxylic acids is 1. The van der Waals surface area contributed by atoms with Gasteiger partial charge in [0.15, 0.2) is 5.78 Å². The normalized spacial score (nSPS) is 14.5. The Morgan fingerprint density at radius 2 is 2.14 bits per heavy atom. The number of nitrogens with one attached hydrogen (secondary N) is 2. The van der Waals surface area contributed by atoms with Crippen LogP contribution in [0.4, 0.5) is 5.82 Å². The smallest absolute Gasteiger partial charge is 0.179 e. The number of rotatable bonds is 1. The predicted molar refractivity (Wildman–Crippen MR) is 53.3 cm³/mol. The first-order chi connectivity index (χ1) is 6.59. The molecule has 2 N–H and O–H groups in total. The number of hydrogen-bond donors (Lipinski definition) is 2. The maximum absolute atomic E-state index is 11.2. The van der Waals surface area contributed by atoms with Crippen molar-refractivity contribution in [3.63, 3.8) is 0 Å². The van der Waals surface area contributed by atoms with Gasteiger partial charge in [0.1, 0.15) is 11.5 Å². The third kappa shape index (κ3) is 1.17. The number of anilines is 1. The minimum atomic E-state index is -0.00574. The molecule has 2 heterocycles. The van der Waals surface area contributed by atoms with E-state index in [1.165, 1.54) is 6.92 Å². The summed E-state index contributed by atoms with van der Waals surface area (Å²) in [6.45, 7) is 5.29. The Labute approximate surface area is 81.8 Å². The number of aryl methyl sites for hydroxylation is 1. The molecule has 0 aromatic carbocycles. The van der Waals surface area contributed by atoms with Gasteiger partial charge in [0.25, 0.3) is 0 Å². The van der Waals surface area contributed by atoms with E-state index in [-0.39, 0.29) is 5.78 Å². The van der Waals surface area contributed by atoms with Crippen LogP contribution in [0.1, 0.15) is 19.5 Å². The van der Waals surface area contributed by atoms with E-state index in [1.807, 2.05) is 19.9 Å². The van der Waals surface area contributed by atoms with Gasteiger partial charge < -0.3 is 0 Å². The molecule has 0 amide bonds. The summed E-state index contributed by atoms with van der Waals surface area (Å²) in [7, 11) is 0. The highest BCUT2D eigenvalue weighted by Gasteiger charge is 2.18. The number of nitrogens with zero attached hydrogens (tertiary/aromatic N) is 2. The highest BCUT2D eigenvalue weighted by molar-refractivity contribution is 5.98. The van der Waals surface area contributed by atoms with Crippen molar-refractivity contribution in [3.05, 3.63) is 17.5 Å².